The highest BCUT2D eigenvalue weighted by Gasteiger charge is 2.10. The van der Waals surface area contributed by atoms with Crippen LogP contribution >= 0.6 is 0 Å². The van der Waals surface area contributed by atoms with Gasteiger partial charge in [-0.3, -0.25) is 5.10 Å². The SMILES string of the molecule is Cc1[nH]ncc1CCCNS(=O)(=O)Cc1ccccc1. The number of aromatic amines is 1. The van der Waals surface area contributed by atoms with Crippen LogP contribution in [0, 0.1) is 6.92 Å². The van der Waals surface area contributed by atoms with Gasteiger partial charge in [0, 0.05) is 12.2 Å². The van der Waals surface area contributed by atoms with Crippen molar-refractivity contribution in [3.63, 3.8) is 0 Å². The van der Waals surface area contributed by atoms with Gasteiger partial charge in [0.05, 0.1) is 11.9 Å². The summed E-state index contributed by atoms with van der Waals surface area (Å²) in [5.41, 5.74) is 2.97. The van der Waals surface area contributed by atoms with Crippen LogP contribution in [0.2, 0.25) is 0 Å². The number of aromatic nitrogens is 2. The molecule has 0 saturated carbocycles. The monoisotopic (exact) mass is 293 g/mol. The number of H-pyrrole nitrogens is 1. The van der Waals surface area contributed by atoms with Crippen molar-refractivity contribution in [2.75, 3.05) is 6.54 Å². The van der Waals surface area contributed by atoms with E-state index in [0.29, 0.717) is 6.54 Å². The molecule has 0 bridgehead atoms. The number of hydrogen-bond donors (Lipinski definition) is 2. The van der Waals surface area contributed by atoms with Gasteiger partial charge in [0.25, 0.3) is 0 Å². The molecular weight excluding hydrogens is 274 g/mol. The fourth-order valence-electron chi connectivity index (χ4n) is 1.98. The third kappa shape index (κ3) is 4.47. The zero-order chi connectivity index (χ0) is 14.4. The van der Waals surface area contributed by atoms with Crippen molar-refractivity contribution in [1.82, 2.24) is 14.9 Å². The molecule has 0 unspecified atom stereocenters. The molecule has 0 radical (unpaired) electrons. The summed E-state index contributed by atoms with van der Waals surface area (Å²) >= 11 is 0. The molecule has 1 heterocycles. The molecule has 2 rings (SSSR count). The molecule has 20 heavy (non-hydrogen) atoms. The van der Waals surface area contributed by atoms with Gasteiger partial charge in [-0.15, -0.1) is 0 Å². The number of nitrogens with one attached hydrogen (secondary N) is 2. The minimum Gasteiger partial charge on any atom is -0.283 e. The van der Waals surface area contributed by atoms with E-state index in [1.807, 2.05) is 37.3 Å². The Kier molecular flexibility index (Phi) is 4.92. The summed E-state index contributed by atoms with van der Waals surface area (Å²) < 4.78 is 26.4. The summed E-state index contributed by atoms with van der Waals surface area (Å²) in [6, 6.07) is 9.18. The lowest BCUT2D eigenvalue weighted by Gasteiger charge is -2.06. The molecular formula is C14H19N3O2S. The zero-order valence-corrected chi connectivity index (χ0v) is 12.3. The number of sulfonamides is 1. The second-order valence-electron chi connectivity index (χ2n) is 4.76. The summed E-state index contributed by atoms with van der Waals surface area (Å²) in [5, 5.41) is 6.81. The van der Waals surface area contributed by atoms with Crippen LogP contribution in [0.3, 0.4) is 0 Å². The smallest absolute Gasteiger partial charge is 0.215 e. The van der Waals surface area contributed by atoms with E-state index in [1.54, 1.807) is 6.20 Å². The quantitative estimate of drug-likeness (QED) is 0.764. The van der Waals surface area contributed by atoms with Crippen LogP contribution in [0.5, 0.6) is 0 Å². The fourth-order valence-corrected chi connectivity index (χ4v) is 3.17. The number of benzene rings is 1. The Bertz CT molecular complexity index is 635. The molecule has 0 amide bonds. The number of hydrogen-bond acceptors (Lipinski definition) is 3. The third-order valence-corrected chi connectivity index (χ3v) is 4.44. The van der Waals surface area contributed by atoms with Crippen LogP contribution < -0.4 is 4.72 Å². The first-order valence-electron chi connectivity index (χ1n) is 6.57. The normalized spacial score (nSPS) is 11.7. The fraction of sp³-hybridized carbons (Fsp3) is 0.357. The summed E-state index contributed by atoms with van der Waals surface area (Å²) in [4.78, 5) is 0. The minimum absolute atomic E-state index is 0.0264. The first-order chi connectivity index (χ1) is 9.57. The molecule has 0 aliphatic carbocycles. The Morgan fingerprint density at radius 3 is 2.65 bits per heavy atom. The number of aryl methyl sites for hydroxylation is 2. The van der Waals surface area contributed by atoms with Crippen LogP contribution in [-0.2, 0) is 22.2 Å². The van der Waals surface area contributed by atoms with Crippen LogP contribution in [0.4, 0.5) is 0 Å². The van der Waals surface area contributed by atoms with E-state index in [9.17, 15) is 8.42 Å². The molecule has 6 heteroatoms. The van der Waals surface area contributed by atoms with E-state index >= 15 is 0 Å². The Hall–Kier alpha value is -1.66. The van der Waals surface area contributed by atoms with E-state index < -0.39 is 10.0 Å². The van der Waals surface area contributed by atoms with Gasteiger partial charge in [-0.05, 0) is 30.9 Å². The topological polar surface area (TPSA) is 74.8 Å². The molecule has 0 fully saturated rings. The highest BCUT2D eigenvalue weighted by molar-refractivity contribution is 7.88. The Labute approximate surface area is 119 Å². The first-order valence-corrected chi connectivity index (χ1v) is 8.22. The molecule has 1 aromatic carbocycles. The molecule has 0 spiro atoms. The largest absolute Gasteiger partial charge is 0.283 e. The van der Waals surface area contributed by atoms with Gasteiger partial charge in [0.15, 0.2) is 0 Å². The maximum absolute atomic E-state index is 11.9. The van der Waals surface area contributed by atoms with E-state index in [0.717, 1.165) is 29.7 Å². The van der Waals surface area contributed by atoms with Gasteiger partial charge in [-0.25, -0.2) is 13.1 Å². The van der Waals surface area contributed by atoms with Crippen molar-refractivity contribution < 1.29 is 8.42 Å². The van der Waals surface area contributed by atoms with Crippen LogP contribution in [-0.4, -0.2) is 25.2 Å². The van der Waals surface area contributed by atoms with Crippen LogP contribution in [0.1, 0.15) is 23.2 Å². The summed E-state index contributed by atoms with van der Waals surface area (Å²) in [5.74, 6) is 0.0264. The molecule has 1 aromatic heterocycles. The van der Waals surface area contributed by atoms with E-state index in [1.165, 1.54) is 0 Å². The Morgan fingerprint density at radius 2 is 2.00 bits per heavy atom. The van der Waals surface area contributed by atoms with Crippen molar-refractivity contribution in [3.05, 3.63) is 53.3 Å². The zero-order valence-electron chi connectivity index (χ0n) is 11.5. The molecule has 0 aliphatic rings. The molecule has 2 aromatic rings. The average Bonchev–Trinajstić information content (AvgIpc) is 2.81. The van der Waals surface area contributed by atoms with Gasteiger partial charge >= 0.3 is 0 Å². The van der Waals surface area contributed by atoms with Gasteiger partial charge in [0.1, 0.15) is 0 Å². The van der Waals surface area contributed by atoms with Gasteiger partial charge in [0.2, 0.25) is 10.0 Å². The number of rotatable bonds is 7. The van der Waals surface area contributed by atoms with E-state index in [4.69, 9.17) is 0 Å². The van der Waals surface area contributed by atoms with Crippen molar-refractivity contribution in [3.8, 4) is 0 Å². The van der Waals surface area contributed by atoms with Crippen LogP contribution in [0.25, 0.3) is 0 Å². The van der Waals surface area contributed by atoms with Crippen molar-refractivity contribution in [2.24, 2.45) is 0 Å². The Balaban J connectivity index is 1.77. The second-order valence-corrected chi connectivity index (χ2v) is 6.57. The van der Waals surface area contributed by atoms with E-state index in [-0.39, 0.29) is 5.75 Å². The lowest BCUT2D eigenvalue weighted by molar-refractivity contribution is 0.578. The second kappa shape index (κ2) is 6.67. The van der Waals surface area contributed by atoms with Crippen LogP contribution in [0.15, 0.2) is 36.5 Å². The lowest BCUT2D eigenvalue weighted by atomic mass is 10.1. The summed E-state index contributed by atoms with van der Waals surface area (Å²) in [6.45, 7) is 2.40. The molecule has 2 N–H and O–H groups in total. The highest BCUT2D eigenvalue weighted by Crippen LogP contribution is 2.06. The molecule has 5 nitrogen and oxygen atoms in total. The highest BCUT2D eigenvalue weighted by atomic mass is 32.2. The molecule has 108 valence electrons. The van der Waals surface area contributed by atoms with Gasteiger partial charge < -0.3 is 0 Å². The lowest BCUT2D eigenvalue weighted by Crippen LogP contribution is -2.26. The standard InChI is InChI=1S/C14H19N3O2S/c1-12-14(10-15-17-12)8-5-9-16-20(18,19)11-13-6-3-2-4-7-13/h2-4,6-7,10,16H,5,8-9,11H2,1H3,(H,15,17). The van der Waals surface area contributed by atoms with Crippen molar-refractivity contribution in [1.29, 1.82) is 0 Å². The summed E-state index contributed by atoms with van der Waals surface area (Å²) in [7, 11) is -3.26. The van der Waals surface area contributed by atoms with Gasteiger partial charge in [-0.1, -0.05) is 30.3 Å². The van der Waals surface area contributed by atoms with Crippen molar-refractivity contribution >= 4 is 10.0 Å². The predicted molar refractivity (Wildman–Crippen MR) is 78.7 cm³/mol. The van der Waals surface area contributed by atoms with Gasteiger partial charge in [-0.2, -0.15) is 5.10 Å². The molecule has 0 saturated heterocycles. The summed E-state index contributed by atoms with van der Waals surface area (Å²) in [6.07, 6.45) is 3.36. The first kappa shape index (κ1) is 14.7. The Morgan fingerprint density at radius 1 is 1.25 bits per heavy atom. The maximum atomic E-state index is 11.9. The predicted octanol–water partition coefficient (Wildman–Crippen LogP) is 1.77. The molecule has 0 aliphatic heterocycles. The van der Waals surface area contributed by atoms with E-state index in [2.05, 4.69) is 14.9 Å². The minimum atomic E-state index is -3.26. The maximum Gasteiger partial charge on any atom is 0.215 e. The number of nitrogens with zero attached hydrogens (tertiary/aromatic N) is 1. The molecule has 0 atom stereocenters. The van der Waals surface area contributed by atoms with Crippen molar-refractivity contribution in [2.45, 2.75) is 25.5 Å². The average molecular weight is 293 g/mol. The third-order valence-electron chi connectivity index (χ3n) is 3.08.